The van der Waals surface area contributed by atoms with E-state index >= 15 is 0 Å². The molecule has 0 radical (unpaired) electrons. The first-order chi connectivity index (χ1) is 10.7. The van der Waals surface area contributed by atoms with Crippen LogP contribution in [0.3, 0.4) is 0 Å². The van der Waals surface area contributed by atoms with Gasteiger partial charge in [0.25, 0.3) is 0 Å². The minimum absolute atomic E-state index is 0.00277. The van der Waals surface area contributed by atoms with Crippen LogP contribution < -0.4 is 5.73 Å². The second-order valence-corrected chi connectivity index (χ2v) is 5.31. The normalized spacial score (nSPS) is 17.4. The van der Waals surface area contributed by atoms with Crippen molar-refractivity contribution >= 4 is 12.0 Å². The maximum Gasteiger partial charge on any atom is 0.410 e. The van der Waals surface area contributed by atoms with Gasteiger partial charge in [-0.3, -0.25) is 4.79 Å². The second-order valence-electron chi connectivity index (χ2n) is 5.31. The zero-order valence-corrected chi connectivity index (χ0v) is 12.9. The minimum atomic E-state index is -0.331. The molecule has 1 aromatic carbocycles. The molecule has 1 aromatic rings. The average molecular weight is 305 g/mol. The minimum Gasteiger partial charge on any atom is -0.445 e. The topological polar surface area (TPSA) is 75.9 Å². The lowest BCUT2D eigenvalue weighted by Crippen LogP contribution is -2.45. The van der Waals surface area contributed by atoms with Gasteiger partial charge >= 0.3 is 6.09 Å². The molecule has 2 N–H and O–H groups in total. The molecule has 0 aliphatic carbocycles. The van der Waals surface area contributed by atoms with Crippen LogP contribution in [0.15, 0.2) is 30.3 Å². The standard InChI is InChI=1S/C16H23N3O3/c1-2-19(15(20)10-17)14-8-9-18(11-14)16(21)22-12-13-6-4-3-5-7-13/h3-7,14H,2,8-12,17H2,1H3/t14-/m0/s1. The third-order valence-electron chi connectivity index (χ3n) is 3.90. The summed E-state index contributed by atoms with van der Waals surface area (Å²) in [4.78, 5) is 27.3. The molecule has 1 atom stereocenters. The van der Waals surface area contributed by atoms with Crippen LogP contribution in [0.5, 0.6) is 0 Å². The molecular formula is C16H23N3O3. The molecule has 0 bridgehead atoms. The summed E-state index contributed by atoms with van der Waals surface area (Å²) in [5.74, 6) is -0.0768. The highest BCUT2D eigenvalue weighted by atomic mass is 16.6. The Labute approximate surface area is 130 Å². The molecule has 0 aromatic heterocycles. The third kappa shape index (κ3) is 3.98. The van der Waals surface area contributed by atoms with E-state index in [9.17, 15) is 9.59 Å². The third-order valence-corrected chi connectivity index (χ3v) is 3.90. The Hall–Kier alpha value is -2.08. The maximum absolute atomic E-state index is 12.1. The Balaban J connectivity index is 1.84. The number of carbonyl (C=O) groups is 2. The summed E-state index contributed by atoms with van der Waals surface area (Å²) in [6.07, 6.45) is 0.433. The van der Waals surface area contributed by atoms with Gasteiger partial charge in [0.15, 0.2) is 0 Å². The molecule has 6 heteroatoms. The van der Waals surface area contributed by atoms with Gasteiger partial charge in [-0.15, -0.1) is 0 Å². The molecule has 2 rings (SSSR count). The Kier molecular flexibility index (Phi) is 5.77. The zero-order valence-electron chi connectivity index (χ0n) is 12.9. The summed E-state index contributed by atoms with van der Waals surface area (Å²) in [6.45, 7) is 3.90. The van der Waals surface area contributed by atoms with Crippen LogP contribution in [0.4, 0.5) is 4.79 Å². The molecule has 1 heterocycles. The Bertz CT molecular complexity index is 507. The molecule has 1 aliphatic heterocycles. The SMILES string of the molecule is CCN(C(=O)CN)[C@H]1CCN(C(=O)OCc2ccccc2)C1. The van der Waals surface area contributed by atoms with E-state index in [1.54, 1.807) is 9.80 Å². The number of benzene rings is 1. The summed E-state index contributed by atoms with van der Waals surface area (Å²) >= 11 is 0. The fourth-order valence-corrected chi connectivity index (χ4v) is 2.73. The lowest BCUT2D eigenvalue weighted by Gasteiger charge is -2.27. The number of nitrogens with zero attached hydrogens (tertiary/aromatic N) is 2. The van der Waals surface area contributed by atoms with Crippen LogP contribution in [-0.2, 0) is 16.1 Å². The molecule has 120 valence electrons. The van der Waals surface area contributed by atoms with Gasteiger partial charge in [-0.1, -0.05) is 30.3 Å². The second kappa shape index (κ2) is 7.79. The fraction of sp³-hybridized carbons (Fsp3) is 0.500. The summed E-state index contributed by atoms with van der Waals surface area (Å²) < 4.78 is 5.32. The molecule has 22 heavy (non-hydrogen) atoms. The summed E-state index contributed by atoms with van der Waals surface area (Å²) in [5.41, 5.74) is 6.38. The van der Waals surface area contributed by atoms with Crippen molar-refractivity contribution in [1.29, 1.82) is 0 Å². The highest BCUT2D eigenvalue weighted by Gasteiger charge is 2.32. The van der Waals surface area contributed by atoms with Crippen molar-refractivity contribution in [2.24, 2.45) is 5.73 Å². The predicted octanol–water partition coefficient (Wildman–Crippen LogP) is 1.20. The molecule has 0 spiro atoms. The Morgan fingerprint density at radius 2 is 2.09 bits per heavy atom. The van der Waals surface area contributed by atoms with Crippen molar-refractivity contribution in [1.82, 2.24) is 9.80 Å². The molecule has 6 nitrogen and oxygen atoms in total. The summed E-state index contributed by atoms with van der Waals surface area (Å²) in [7, 11) is 0. The van der Waals surface area contributed by atoms with Crippen molar-refractivity contribution < 1.29 is 14.3 Å². The van der Waals surface area contributed by atoms with Crippen LogP contribution in [0.2, 0.25) is 0 Å². The number of nitrogens with two attached hydrogens (primary N) is 1. The van der Waals surface area contributed by atoms with Gasteiger partial charge in [-0.2, -0.15) is 0 Å². The van der Waals surface area contributed by atoms with E-state index in [2.05, 4.69) is 0 Å². The van der Waals surface area contributed by atoms with E-state index in [-0.39, 0.29) is 31.2 Å². The molecule has 1 aliphatic rings. The van der Waals surface area contributed by atoms with Crippen LogP contribution in [0.25, 0.3) is 0 Å². The molecular weight excluding hydrogens is 282 g/mol. The van der Waals surface area contributed by atoms with Gasteiger partial charge in [0, 0.05) is 19.6 Å². The summed E-state index contributed by atoms with van der Waals surface area (Å²) in [6, 6.07) is 9.60. The van der Waals surface area contributed by atoms with Crippen molar-refractivity contribution in [3.05, 3.63) is 35.9 Å². The van der Waals surface area contributed by atoms with Gasteiger partial charge < -0.3 is 20.3 Å². The van der Waals surface area contributed by atoms with Crippen LogP contribution >= 0.6 is 0 Å². The number of ether oxygens (including phenoxy) is 1. The number of carbonyl (C=O) groups excluding carboxylic acids is 2. The van der Waals surface area contributed by atoms with E-state index in [0.29, 0.717) is 19.6 Å². The lowest BCUT2D eigenvalue weighted by molar-refractivity contribution is -0.131. The number of rotatable bonds is 5. The van der Waals surface area contributed by atoms with Crippen LogP contribution in [0.1, 0.15) is 18.9 Å². The molecule has 1 saturated heterocycles. The van der Waals surface area contributed by atoms with Gasteiger partial charge in [0.2, 0.25) is 5.91 Å². The first-order valence-corrected chi connectivity index (χ1v) is 7.60. The predicted molar refractivity (Wildman–Crippen MR) is 83.0 cm³/mol. The highest BCUT2D eigenvalue weighted by molar-refractivity contribution is 5.78. The smallest absolute Gasteiger partial charge is 0.410 e. The van der Waals surface area contributed by atoms with E-state index < -0.39 is 0 Å². The first kappa shape index (κ1) is 16.3. The van der Waals surface area contributed by atoms with Crippen molar-refractivity contribution in [3.63, 3.8) is 0 Å². The van der Waals surface area contributed by atoms with Gasteiger partial charge in [-0.05, 0) is 18.9 Å². The summed E-state index contributed by atoms with van der Waals surface area (Å²) in [5, 5.41) is 0. The lowest BCUT2D eigenvalue weighted by atomic mass is 10.2. The number of amides is 2. The van der Waals surface area contributed by atoms with E-state index in [1.165, 1.54) is 0 Å². The number of hydrogen-bond donors (Lipinski definition) is 1. The van der Waals surface area contributed by atoms with Crippen molar-refractivity contribution in [2.75, 3.05) is 26.2 Å². The number of likely N-dealkylation sites (N-methyl/N-ethyl adjacent to an activating group) is 1. The Morgan fingerprint density at radius 1 is 1.36 bits per heavy atom. The van der Waals surface area contributed by atoms with Crippen molar-refractivity contribution in [2.45, 2.75) is 26.0 Å². The first-order valence-electron chi connectivity index (χ1n) is 7.60. The fourth-order valence-electron chi connectivity index (χ4n) is 2.73. The van der Waals surface area contributed by atoms with Gasteiger partial charge in [0.1, 0.15) is 6.61 Å². The largest absolute Gasteiger partial charge is 0.445 e. The Morgan fingerprint density at radius 3 is 2.73 bits per heavy atom. The average Bonchev–Trinajstić information content (AvgIpc) is 3.03. The van der Waals surface area contributed by atoms with Crippen LogP contribution in [-0.4, -0.2) is 54.0 Å². The van der Waals surface area contributed by atoms with E-state index in [4.69, 9.17) is 10.5 Å². The van der Waals surface area contributed by atoms with Crippen LogP contribution in [0, 0.1) is 0 Å². The van der Waals surface area contributed by atoms with Gasteiger partial charge in [0.05, 0.1) is 12.6 Å². The van der Waals surface area contributed by atoms with E-state index in [1.807, 2.05) is 37.3 Å². The number of hydrogen-bond acceptors (Lipinski definition) is 4. The zero-order chi connectivity index (χ0) is 15.9. The van der Waals surface area contributed by atoms with Gasteiger partial charge in [-0.25, -0.2) is 4.79 Å². The highest BCUT2D eigenvalue weighted by Crippen LogP contribution is 2.17. The van der Waals surface area contributed by atoms with E-state index in [0.717, 1.165) is 12.0 Å². The number of likely N-dealkylation sites (tertiary alicyclic amines) is 1. The molecule has 1 fully saturated rings. The quantitative estimate of drug-likeness (QED) is 0.887. The molecule has 2 amide bonds. The molecule has 0 saturated carbocycles. The maximum atomic E-state index is 12.1. The molecule has 0 unspecified atom stereocenters. The van der Waals surface area contributed by atoms with Crippen molar-refractivity contribution in [3.8, 4) is 0 Å². The monoisotopic (exact) mass is 305 g/mol.